The van der Waals surface area contributed by atoms with Crippen LogP contribution in [0.1, 0.15) is 5.56 Å². The van der Waals surface area contributed by atoms with Crippen LogP contribution in [0, 0.1) is 0 Å². The Bertz CT molecular complexity index is 645. The van der Waals surface area contributed by atoms with E-state index in [1.807, 2.05) is 44.5 Å². The number of hydrogen-bond acceptors (Lipinski definition) is 4. The van der Waals surface area contributed by atoms with Gasteiger partial charge < -0.3 is 4.90 Å². The Morgan fingerprint density at radius 2 is 2.00 bits per heavy atom. The highest BCUT2D eigenvalue weighted by Gasteiger charge is 2.30. The van der Waals surface area contributed by atoms with Crippen molar-refractivity contribution in [2.45, 2.75) is 0 Å². The average Bonchev–Trinajstić information content (AvgIpc) is 2.76. The van der Waals surface area contributed by atoms with Gasteiger partial charge in [-0.2, -0.15) is 0 Å². The summed E-state index contributed by atoms with van der Waals surface area (Å²) in [4.78, 5) is 16.4. The third kappa shape index (κ3) is 3.87. The lowest BCUT2D eigenvalue weighted by molar-refractivity contribution is -0.121. The summed E-state index contributed by atoms with van der Waals surface area (Å²) < 4.78 is 0.583. The van der Waals surface area contributed by atoms with E-state index in [-0.39, 0.29) is 5.91 Å². The molecular formula is C17H18N2OS2. The third-order valence-electron chi connectivity index (χ3n) is 3.13. The topological polar surface area (TPSA) is 23.6 Å². The van der Waals surface area contributed by atoms with Gasteiger partial charge in [0.2, 0.25) is 0 Å². The largest absolute Gasteiger partial charge is 0.378 e. The normalized spacial score (nSPS) is 16.8. The summed E-state index contributed by atoms with van der Waals surface area (Å²) in [5.74, 6) is -0.0532. The Balaban J connectivity index is 2.06. The monoisotopic (exact) mass is 330 g/mol. The number of anilines is 1. The highest BCUT2D eigenvalue weighted by Crippen LogP contribution is 2.30. The van der Waals surface area contributed by atoms with Gasteiger partial charge in [0.15, 0.2) is 0 Å². The molecule has 1 heterocycles. The first-order valence-corrected chi connectivity index (χ1v) is 8.05. The van der Waals surface area contributed by atoms with Crippen molar-refractivity contribution in [1.82, 2.24) is 4.90 Å². The molecule has 0 aliphatic carbocycles. The Morgan fingerprint density at radius 3 is 2.59 bits per heavy atom. The molecule has 1 amide bonds. The lowest BCUT2D eigenvalue weighted by atomic mass is 10.2. The van der Waals surface area contributed by atoms with Crippen LogP contribution in [0.2, 0.25) is 0 Å². The smallest absolute Gasteiger partial charge is 0.266 e. The average molecular weight is 330 g/mol. The maximum absolute atomic E-state index is 12.1. The molecule has 1 aliphatic rings. The van der Waals surface area contributed by atoms with Crippen LogP contribution in [0.15, 0.2) is 54.0 Å². The van der Waals surface area contributed by atoms with E-state index in [9.17, 15) is 4.79 Å². The van der Waals surface area contributed by atoms with E-state index in [0.717, 1.165) is 11.3 Å². The zero-order valence-corrected chi connectivity index (χ0v) is 14.3. The summed E-state index contributed by atoms with van der Waals surface area (Å²) in [7, 11) is 4.02. The van der Waals surface area contributed by atoms with Crippen LogP contribution in [0.25, 0.3) is 6.08 Å². The van der Waals surface area contributed by atoms with Gasteiger partial charge in [0.25, 0.3) is 5.91 Å². The van der Waals surface area contributed by atoms with E-state index in [4.69, 9.17) is 12.2 Å². The Labute approximate surface area is 141 Å². The molecule has 0 atom stereocenters. The van der Waals surface area contributed by atoms with Crippen molar-refractivity contribution in [3.8, 4) is 0 Å². The number of rotatable bonds is 5. The first-order chi connectivity index (χ1) is 10.5. The molecule has 114 valence electrons. The first-order valence-electron chi connectivity index (χ1n) is 6.83. The van der Waals surface area contributed by atoms with Crippen LogP contribution in [0.4, 0.5) is 5.69 Å². The molecule has 0 saturated carbocycles. The summed E-state index contributed by atoms with van der Waals surface area (Å²) in [6.45, 7) is 4.10. The molecule has 0 unspecified atom stereocenters. The van der Waals surface area contributed by atoms with Crippen molar-refractivity contribution in [2.24, 2.45) is 0 Å². The second kappa shape index (κ2) is 7.42. The molecule has 0 N–H and O–H groups in total. The molecular weight excluding hydrogens is 312 g/mol. The second-order valence-corrected chi connectivity index (χ2v) is 6.62. The summed E-state index contributed by atoms with van der Waals surface area (Å²) in [5.41, 5.74) is 2.24. The van der Waals surface area contributed by atoms with Gasteiger partial charge in [-0.1, -0.05) is 54.3 Å². The highest BCUT2D eigenvalue weighted by molar-refractivity contribution is 8.26. The SMILES string of the molecule is C=CCN1C(=O)/C(=C\C=C/c2ccc(N(C)C)cc2)SC1=S. The fourth-order valence-electron chi connectivity index (χ4n) is 1.93. The van der Waals surface area contributed by atoms with E-state index < -0.39 is 0 Å². The Morgan fingerprint density at radius 1 is 1.32 bits per heavy atom. The number of thiocarbonyl (C=S) groups is 1. The molecule has 0 bridgehead atoms. The van der Waals surface area contributed by atoms with Crippen LogP contribution in [-0.4, -0.2) is 35.8 Å². The molecule has 1 aromatic carbocycles. The summed E-state index contributed by atoms with van der Waals surface area (Å²) in [5, 5.41) is 0. The number of allylic oxidation sites excluding steroid dienone is 2. The van der Waals surface area contributed by atoms with Gasteiger partial charge in [0, 0.05) is 26.3 Å². The van der Waals surface area contributed by atoms with E-state index in [2.05, 4.69) is 23.6 Å². The molecule has 0 radical (unpaired) electrons. The molecule has 1 fully saturated rings. The number of carbonyl (C=O) groups excluding carboxylic acids is 1. The molecule has 1 aliphatic heterocycles. The van der Waals surface area contributed by atoms with Crippen molar-refractivity contribution < 1.29 is 4.79 Å². The maximum atomic E-state index is 12.1. The first kappa shape index (κ1) is 16.5. The predicted molar refractivity (Wildman–Crippen MR) is 100.0 cm³/mol. The standard InChI is InChI=1S/C17H18N2OS2/c1-4-12-19-16(20)15(22-17(19)21)7-5-6-13-8-10-14(11-9-13)18(2)3/h4-11H,1,12H2,2-3H3/b6-5-,15-7+. The van der Waals surface area contributed by atoms with Gasteiger partial charge in [-0.3, -0.25) is 9.69 Å². The van der Waals surface area contributed by atoms with Crippen molar-refractivity contribution in [2.75, 3.05) is 25.5 Å². The van der Waals surface area contributed by atoms with Crippen molar-refractivity contribution in [1.29, 1.82) is 0 Å². The molecule has 0 spiro atoms. The zero-order valence-electron chi connectivity index (χ0n) is 12.7. The van der Waals surface area contributed by atoms with Crippen molar-refractivity contribution in [3.05, 3.63) is 59.5 Å². The van der Waals surface area contributed by atoms with Crippen molar-refractivity contribution in [3.63, 3.8) is 0 Å². The minimum Gasteiger partial charge on any atom is -0.378 e. The van der Waals surface area contributed by atoms with E-state index >= 15 is 0 Å². The number of carbonyl (C=O) groups is 1. The van der Waals surface area contributed by atoms with Gasteiger partial charge in [0.05, 0.1) is 4.91 Å². The van der Waals surface area contributed by atoms with E-state index in [1.165, 1.54) is 11.8 Å². The predicted octanol–water partition coefficient (Wildman–Crippen LogP) is 3.70. The Kier molecular flexibility index (Phi) is 5.57. The fourth-order valence-corrected chi connectivity index (χ4v) is 3.16. The minimum atomic E-state index is -0.0532. The summed E-state index contributed by atoms with van der Waals surface area (Å²) in [6, 6.07) is 8.21. The zero-order chi connectivity index (χ0) is 16.1. The lowest BCUT2D eigenvalue weighted by Crippen LogP contribution is -2.27. The lowest BCUT2D eigenvalue weighted by Gasteiger charge is -2.11. The van der Waals surface area contributed by atoms with Gasteiger partial charge in [-0.05, 0) is 23.8 Å². The van der Waals surface area contributed by atoms with Crippen LogP contribution >= 0.6 is 24.0 Å². The third-order valence-corrected chi connectivity index (χ3v) is 4.53. The van der Waals surface area contributed by atoms with Crippen LogP contribution in [-0.2, 0) is 4.79 Å². The molecule has 5 heteroatoms. The van der Waals surface area contributed by atoms with E-state index in [0.29, 0.717) is 15.8 Å². The van der Waals surface area contributed by atoms with Gasteiger partial charge >= 0.3 is 0 Å². The van der Waals surface area contributed by atoms with Gasteiger partial charge in [-0.15, -0.1) is 6.58 Å². The molecule has 22 heavy (non-hydrogen) atoms. The molecule has 3 nitrogen and oxygen atoms in total. The van der Waals surface area contributed by atoms with Gasteiger partial charge in [0.1, 0.15) is 4.32 Å². The summed E-state index contributed by atoms with van der Waals surface area (Å²) >= 11 is 6.52. The highest BCUT2D eigenvalue weighted by atomic mass is 32.2. The fraction of sp³-hybridized carbons (Fsp3) is 0.176. The molecule has 1 aromatic rings. The molecule has 0 aromatic heterocycles. The van der Waals surface area contributed by atoms with Crippen LogP contribution in [0.5, 0.6) is 0 Å². The second-order valence-electron chi connectivity index (χ2n) is 4.95. The maximum Gasteiger partial charge on any atom is 0.266 e. The number of thioether (sulfide) groups is 1. The Hall–Kier alpha value is -1.85. The quantitative estimate of drug-likeness (QED) is 0.467. The summed E-state index contributed by atoms with van der Waals surface area (Å²) in [6.07, 6.45) is 7.34. The number of amides is 1. The number of nitrogens with zero attached hydrogens (tertiary/aromatic N) is 2. The van der Waals surface area contributed by atoms with Gasteiger partial charge in [-0.25, -0.2) is 0 Å². The molecule has 1 saturated heterocycles. The number of hydrogen-bond donors (Lipinski definition) is 0. The van der Waals surface area contributed by atoms with Crippen LogP contribution < -0.4 is 4.90 Å². The number of benzene rings is 1. The van der Waals surface area contributed by atoms with Crippen LogP contribution in [0.3, 0.4) is 0 Å². The van der Waals surface area contributed by atoms with E-state index in [1.54, 1.807) is 11.0 Å². The molecule has 2 rings (SSSR count). The minimum absolute atomic E-state index is 0.0532. The van der Waals surface area contributed by atoms with Crippen molar-refractivity contribution >= 4 is 46.0 Å².